The fourth-order valence-corrected chi connectivity index (χ4v) is 5.16. The number of sulfone groups is 1. The van der Waals surface area contributed by atoms with Gasteiger partial charge in [-0.25, -0.2) is 8.42 Å². The molecule has 0 spiro atoms. The first-order chi connectivity index (χ1) is 13.9. The number of rotatable bonds is 7. The van der Waals surface area contributed by atoms with Crippen LogP contribution < -0.4 is 0 Å². The van der Waals surface area contributed by atoms with E-state index in [4.69, 9.17) is 0 Å². The number of hydrogen-bond donors (Lipinski definition) is 2. The average Bonchev–Trinajstić information content (AvgIpc) is 2.68. The van der Waals surface area contributed by atoms with E-state index in [1.807, 2.05) is 25.1 Å². The number of aryl methyl sites for hydroxylation is 2. The highest BCUT2D eigenvalue weighted by Crippen LogP contribution is 2.45. The van der Waals surface area contributed by atoms with Gasteiger partial charge in [0.05, 0.1) is 10.5 Å². The first-order valence-electron chi connectivity index (χ1n) is 9.81. The minimum absolute atomic E-state index is 0.117. The van der Waals surface area contributed by atoms with Crippen molar-refractivity contribution in [3.63, 3.8) is 0 Å². The summed E-state index contributed by atoms with van der Waals surface area (Å²) in [6.45, 7) is 3.97. The summed E-state index contributed by atoms with van der Waals surface area (Å²) in [7, 11) is -3.96. The number of aromatic hydroxyl groups is 2. The maximum Gasteiger partial charge on any atom is 0.210 e. The van der Waals surface area contributed by atoms with E-state index in [0.717, 1.165) is 24.8 Å². The summed E-state index contributed by atoms with van der Waals surface area (Å²) in [4.78, 5) is 0.00188. The molecule has 0 saturated heterocycles. The van der Waals surface area contributed by atoms with Crippen molar-refractivity contribution in [3.8, 4) is 22.6 Å². The summed E-state index contributed by atoms with van der Waals surface area (Å²) in [5.74, 6) is -0.516. The number of phenols is 2. The standard InChI is InChI=1S/C24H26O4S/c1-3-4-6-11-19-16-21(25)22(18-12-9-10-17(2)15-18)23(26)24(19)29(27,28)20-13-7-5-8-14-20/h5,7-10,12-16,25-26H,3-4,6,11H2,1-2H3. The van der Waals surface area contributed by atoms with Crippen molar-refractivity contribution in [2.24, 2.45) is 0 Å². The molecule has 0 heterocycles. The van der Waals surface area contributed by atoms with Gasteiger partial charge in [0.2, 0.25) is 9.84 Å². The second-order valence-electron chi connectivity index (χ2n) is 7.25. The van der Waals surface area contributed by atoms with Crippen molar-refractivity contribution in [2.45, 2.75) is 49.3 Å². The fourth-order valence-electron chi connectivity index (χ4n) is 3.54. The van der Waals surface area contributed by atoms with Gasteiger partial charge >= 0.3 is 0 Å². The highest BCUT2D eigenvalue weighted by Gasteiger charge is 2.29. The van der Waals surface area contributed by atoms with E-state index < -0.39 is 15.6 Å². The van der Waals surface area contributed by atoms with E-state index in [0.29, 0.717) is 17.5 Å². The Morgan fingerprint density at radius 1 is 0.897 bits per heavy atom. The van der Waals surface area contributed by atoms with Crippen LogP contribution in [0.2, 0.25) is 0 Å². The summed E-state index contributed by atoms with van der Waals surface area (Å²) in [5.41, 5.74) is 2.10. The zero-order valence-corrected chi connectivity index (χ0v) is 17.5. The maximum atomic E-state index is 13.4. The quantitative estimate of drug-likeness (QED) is 0.494. The van der Waals surface area contributed by atoms with Gasteiger partial charge in [-0.15, -0.1) is 0 Å². The first kappa shape index (κ1) is 20.9. The van der Waals surface area contributed by atoms with Crippen molar-refractivity contribution in [1.82, 2.24) is 0 Å². The van der Waals surface area contributed by atoms with Crippen LogP contribution in [0.3, 0.4) is 0 Å². The third-order valence-electron chi connectivity index (χ3n) is 4.99. The van der Waals surface area contributed by atoms with Crippen LogP contribution in [0.15, 0.2) is 70.5 Å². The topological polar surface area (TPSA) is 74.6 Å². The molecule has 0 aromatic heterocycles. The molecular formula is C24H26O4S. The van der Waals surface area contributed by atoms with E-state index in [2.05, 4.69) is 6.92 Å². The molecular weight excluding hydrogens is 384 g/mol. The van der Waals surface area contributed by atoms with Crippen LogP contribution in [0.25, 0.3) is 11.1 Å². The normalized spacial score (nSPS) is 11.5. The molecule has 0 aliphatic carbocycles. The molecule has 0 aliphatic rings. The Morgan fingerprint density at radius 2 is 1.62 bits per heavy atom. The van der Waals surface area contributed by atoms with E-state index in [1.165, 1.54) is 18.2 Å². The van der Waals surface area contributed by atoms with Gasteiger partial charge < -0.3 is 10.2 Å². The van der Waals surface area contributed by atoms with Gasteiger partial charge in [-0.2, -0.15) is 0 Å². The molecule has 0 fully saturated rings. The second-order valence-corrected chi connectivity index (χ2v) is 9.14. The molecule has 152 valence electrons. The Balaban J connectivity index is 2.27. The molecule has 3 aromatic carbocycles. The lowest BCUT2D eigenvalue weighted by Gasteiger charge is -2.17. The number of unbranched alkanes of at least 4 members (excludes halogenated alkanes) is 2. The molecule has 0 radical (unpaired) electrons. The Bertz CT molecular complexity index is 1100. The van der Waals surface area contributed by atoms with Crippen molar-refractivity contribution < 1.29 is 18.6 Å². The van der Waals surface area contributed by atoms with E-state index in [9.17, 15) is 18.6 Å². The van der Waals surface area contributed by atoms with Gasteiger partial charge in [0, 0.05) is 0 Å². The smallest absolute Gasteiger partial charge is 0.210 e. The van der Waals surface area contributed by atoms with Crippen LogP contribution in [0, 0.1) is 6.92 Å². The zero-order valence-electron chi connectivity index (χ0n) is 16.7. The Hall–Kier alpha value is -2.79. The molecule has 2 N–H and O–H groups in total. The molecule has 29 heavy (non-hydrogen) atoms. The van der Waals surface area contributed by atoms with Gasteiger partial charge in [-0.05, 0) is 49.1 Å². The molecule has 5 heteroatoms. The van der Waals surface area contributed by atoms with Gasteiger partial charge in [0.15, 0.2) is 0 Å². The van der Waals surface area contributed by atoms with E-state index in [1.54, 1.807) is 24.3 Å². The van der Waals surface area contributed by atoms with Crippen LogP contribution in [0.4, 0.5) is 0 Å². The summed E-state index contributed by atoms with van der Waals surface area (Å²) < 4.78 is 26.9. The number of benzene rings is 3. The molecule has 4 nitrogen and oxygen atoms in total. The third kappa shape index (κ3) is 4.30. The molecule has 0 bridgehead atoms. The van der Waals surface area contributed by atoms with Gasteiger partial charge in [-0.1, -0.05) is 67.8 Å². The van der Waals surface area contributed by atoms with Crippen molar-refractivity contribution in [3.05, 3.63) is 71.8 Å². The van der Waals surface area contributed by atoms with Crippen molar-refractivity contribution in [2.75, 3.05) is 0 Å². The predicted molar refractivity (Wildman–Crippen MR) is 115 cm³/mol. The Kier molecular flexibility index (Phi) is 6.28. The predicted octanol–water partition coefficient (Wildman–Crippen LogP) is 5.64. The molecule has 0 saturated carbocycles. The van der Waals surface area contributed by atoms with E-state index in [-0.39, 0.29) is 21.1 Å². The van der Waals surface area contributed by atoms with Gasteiger partial charge in [-0.3, -0.25) is 0 Å². The van der Waals surface area contributed by atoms with Gasteiger partial charge in [0.25, 0.3) is 0 Å². The van der Waals surface area contributed by atoms with Gasteiger partial charge in [0.1, 0.15) is 16.4 Å². The minimum Gasteiger partial charge on any atom is -0.507 e. The lowest BCUT2D eigenvalue weighted by molar-refractivity contribution is 0.440. The molecule has 3 rings (SSSR count). The molecule has 0 atom stereocenters. The first-order valence-corrected chi connectivity index (χ1v) is 11.3. The molecule has 0 amide bonds. The number of hydrogen-bond acceptors (Lipinski definition) is 4. The van der Waals surface area contributed by atoms with Crippen molar-refractivity contribution in [1.29, 1.82) is 0 Å². The van der Waals surface area contributed by atoms with Crippen LogP contribution in [-0.2, 0) is 16.3 Å². The van der Waals surface area contributed by atoms with Crippen LogP contribution in [-0.4, -0.2) is 18.6 Å². The Labute approximate surface area is 172 Å². The molecule has 0 aliphatic heterocycles. The monoisotopic (exact) mass is 410 g/mol. The average molecular weight is 411 g/mol. The highest BCUT2D eigenvalue weighted by molar-refractivity contribution is 7.91. The van der Waals surface area contributed by atoms with Crippen molar-refractivity contribution >= 4 is 9.84 Å². The summed E-state index contributed by atoms with van der Waals surface area (Å²) in [6, 6.07) is 16.8. The minimum atomic E-state index is -3.96. The second kappa shape index (κ2) is 8.70. The number of phenolic OH excluding ortho intramolecular Hbond substituents is 2. The Morgan fingerprint density at radius 3 is 2.28 bits per heavy atom. The largest absolute Gasteiger partial charge is 0.507 e. The molecule has 0 unspecified atom stereocenters. The SMILES string of the molecule is CCCCCc1cc(O)c(-c2cccc(C)c2)c(O)c1S(=O)(=O)c1ccccc1. The molecule has 3 aromatic rings. The van der Waals surface area contributed by atoms with E-state index >= 15 is 0 Å². The lowest BCUT2D eigenvalue weighted by Crippen LogP contribution is -2.07. The maximum absolute atomic E-state index is 13.4. The fraction of sp³-hybridized carbons (Fsp3) is 0.250. The zero-order chi connectivity index (χ0) is 21.0. The summed E-state index contributed by atoms with van der Waals surface area (Å²) >= 11 is 0. The van der Waals surface area contributed by atoms with Crippen LogP contribution >= 0.6 is 0 Å². The van der Waals surface area contributed by atoms with Crippen LogP contribution in [0.1, 0.15) is 37.3 Å². The summed E-state index contributed by atoms with van der Waals surface area (Å²) in [6.07, 6.45) is 3.16. The third-order valence-corrected chi connectivity index (χ3v) is 6.88. The highest BCUT2D eigenvalue weighted by atomic mass is 32.2. The lowest BCUT2D eigenvalue weighted by atomic mass is 9.97. The van der Waals surface area contributed by atoms with Crippen LogP contribution in [0.5, 0.6) is 11.5 Å². The summed E-state index contributed by atoms with van der Waals surface area (Å²) in [5, 5.41) is 21.8.